The van der Waals surface area contributed by atoms with Gasteiger partial charge in [-0.05, 0) is 62.7 Å². The van der Waals surface area contributed by atoms with Crippen molar-refractivity contribution >= 4 is 17.8 Å². The van der Waals surface area contributed by atoms with Crippen molar-refractivity contribution in [3.05, 3.63) is 35.4 Å². The summed E-state index contributed by atoms with van der Waals surface area (Å²) in [5, 5.41) is 7.77. The van der Waals surface area contributed by atoms with Crippen LogP contribution in [-0.2, 0) is 22.7 Å². The predicted molar refractivity (Wildman–Crippen MR) is 111 cm³/mol. The molecule has 2 fully saturated rings. The molecule has 3 rings (SSSR count). The number of piperidine rings is 1. The molecule has 0 spiro atoms. The van der Waals surface area contributed by atoms with Crippen LogP contribution in [0.1, 0.15) is 57.1 Å². The Balaban J connectivity index is 1.35. The molecule has 2 aliphatic heterocycles. The van der Waals surface area contributed by atoms with E-state index in [2.05, 4.69) is 52.0 Å². The van der Waals surface area contributed by atoms with Crippen molar-refractivity contribution in [1.29, 1.82) is 0 Å². The van der Waals surface area contributed by atoms with E-state index in [1.54, 1.807) is 6.92 Å². The molecule has 0 saturated carbocycles. The van der Waals surface area contributed by atoms with Gasteiger partial charge in [-0.2, -0.15) is 0 Å². The highest BCUT2D eigenvalue weighted by molar-refractivity contribution is 6.06. The maximum Gasteiger partial charge on any atom is 0.322 e. The van der Waals surface area contributed by atoms with E-state index >= 15 is 0 Å². The Morgan fingerprint density at radius 1 is 1.17 bits per heavy atom. The SMILES string of the molecule is CC1CCN(Cc2ccc(CNC(=O)CCC[C@]3(C)NC(=O)NC3=O)cc2)CC1. The smallest absolute Gasteiger partial charge is 0.322 e. The molecule has 1 atom stereocenters. The lowest BCUT2D eigenvalue weighted by Gasteiger charge is -2.30. The summed E-state index contributed by atoms with van der Waals surface area (Å²) in [5.41, 5.74) is 1.46. The Kier molecular flexibility index (Phi) is 6.90. The van der Waals surface area contributed by atoms with E-state index in [0.717, 1.165) is 18.0 Å². The Labute approximate surface area is 172 Å². The highest BCUT2D eigenvalue weighted by atomic mass is 16.2. The van der Waals surface area contributed by atoms with Gasteiger partial charge in [0.25, 0.3) is 5.91 Å². The lowest BCUT2D eigenvalue weighted by molar-refractivity contribution is -0.124. The molecule has 1 aromatic carbocycles. The van der Waals surface area contributed by atoms with Crippen LogP contribution in [0.4, 0.5) is 4.79 Å². The van der Waals surface area contributed by atoms with Gasteiger partial charge in [-0.1, -0.05) is 31.2 Å². The standard InChI is InChI=1S/C22H32N4O3/c1-16-9-12-26(13-10-16)15-18-7-5-17(6-8-18)14-23-19(27)4-3-11-22(2)20(28)24-21(29)25-22/h5-8,16H,3-4,9-15H2,1-2H3,(H,23,27)(H2,24,25,28,29)/t22-/m0/s1. The van der Waals surface area contributed by atoms with Crippen LogP contribution in [0.15, 0.2) is 24.3 Å². The summed E-state index contributed by atoms with van der Waals surface area (Å²) in [6, 6.07) is 7.95. The van der Waals surface area contributed by atoms with Gasteiger partial charge in [0, 0.05) is 19.5 Å². The molecule has 7 heteroatoms. The number of likely N-dealkylation sites (tertiary alicyclic amines) is 1. The molecule has 0 radical (unpaired) electrons. The van der Waals surface area contributed by atoms with Crippen molar-refractivity contribution in [2.24, 2.45) is 5.92 Å². The van der Waals surface area contributed by atoms with Gasteiger partial charge in [0.05, 0.1) is 0 Å². The fourth-order valence-corrected chi connectivity index (χ4v) is 3.89. The summed E-state index contributed by atoms with van der Waals surface area (Å²) in [4.78, 5) is 37.6. The first-order valence-electron chi connectivity index (χ1n) is 10.5. The number of carbonyl (C=O) groups excluding carboxylic acids is 3. The molecule has 3 N–H and O–H groups in total. The Morgan fingerprint density at radius 3 is 2.45 bits per heavy atom. The van der Waals surface area contributed by atoms with Crippen molar-refractivity contribution < 1.29 is 14.4 Å². The Morgan fingerprint density at radius 2 is 1.83 bits per heavy atom. The third-order valence-corrected chi connectivity index (χ3v) is 5.99. The molecule has 0 bridgehead atoms. The van der Waals surface area contributed by atoms with Gasteiger partial charge in [-0.15, -0.1) is 0 Å². The second-order valence-electron chi connectivity index (χ2n) is 8.65. The van der Waals surface area contributed by atoms with E-state index < -0.39 is 11.6 Å². The van der Waals surface area contributed by atoms with Gasteiger partial charge >= 0.3 is 6.03 Å². The van der Waals surface area contributed by atoms with Crippen LogP contribution >= 0.6 is 0 Å². The van der Waals surface area contributed by atoms with Gasteiger partial charge in [0.2, 0.25) is 5.91 Å². The fourth-order valence-electron chi connectivity index (χ4n) is 3.89. The van der Waals surface area contributed by atoms with Crippen molar-refractivity contribution in [2.45, 2.75) is 64.6 Å². The summed E-state index contributed by atoms with van der Waals surface area (Å²) in [6.07, 6.45) is 3.84. The van der Waals surface area contributed by atoms with Crippen LogP contribution < -0.4 is 16.0 Å². The van der Waals surface area contributed by atoms with E-state index in [-0.39, 0.29) is 11.8 Å². The molecule has 7 nitrogen and oxygen atoms in total. The third-order valence-electron chi connectivity index (χ3n) is 5.99. The molecular formula is C22H32N4O3. The van der Waals surface area contributed by atoms with Crippen LogP contribution in [-0.4, -0.2) is 41.4 Å². The van der Waals surface area contributed by atoms with Crippen molar-refractivity contribution in [2.75, 3.05) is 13.1 Å². The number of hydrogen-bond acceptors (Lipinski definition) is 4. The van der Waals surface area contributed by atoms with E-state index in [1.165, 1.54) is 31.5 Å². The molecule has 1 aromatic rings. The maximum absolute atomic E-state index is 12.1. The number of rotatable bonds is 8. The zero-order chi connectivity index (χ0) is 20.9. The minimum atomic E-state index is -0.917. The maximum atomic E-state index is 12.1. The first kappa shape index (κ1) is 21.3. The van der Waals surface area contributed by atoms with Gasteiger partial charge < -0.3 is 10.6 Å². The Bertz CT molecular complexity index is 741. The van der Waals surface area contributed by atoms with Crippen molar-refractivity contribution in [3.8, 4) is 0 Å². The number of hydrogen-bond donors (Lipinski definition) is 3. The lowest BCUT2D eigenvalue weighted by atomic mass is 9.95. The number of nitrogens with zero attached hydrogens (tertiary/aromatic N) is 1. The summed E-state index contributed by atoms with van der Waals surface area (Å²) in [7, 11) is 0. The second-order valence-corrected chi connectivity index (χ2v) is 8.65. The summed E-state index contributed by atoms with van der Waals surface area (Å²) in [6.45, 7) is 7.82. The van der Waals surface area contributed by atoms with Gasteiger partial charge in [0.1, 0.15) is 5.54 Å². The lowest BCUT2D eigenvalue weighted by Crippen LogP contribution is -2.43. The van der Waals surface area contributed by atoms with Crippen LogP contribution in [0.5, 0.6) is 0 Å². The number of benzene rings is 1. The highest BCUT2D eigenvalue weighted by Gasteiger charge is 2.41. The molecule has 0 aliphatic carbocycles. The van der Waals surface area contributed by atoms with Gasteiger partial charge in [-0.3, -0.25) is 19.8 Å². The minimum absolute atomic E-state index is 0.0511. The summed E-state index contributed by atoms with van der Waals surface area (Å²) < 4.78 is 0. The van der Waals surface area contributed by atoms with Crippen LogP contribution in [0.2, 0.25) is 0 Å². The number of nitrogens with one attached hydrogen (secondary N) is 3. The minimum Gasteiger partial charge on any atom is -0.352 e. The average molecular weight is 401 g/mol. The van der Waals surface area contributed by atoms with E-state index in [4.69, 9.17) is 0 Å². The van der Waals surface area contributed by atoms with E-state index in [0.29, 0.717) is 25.8 Å². The van der Waals surface area contributed by atoms with Crippen molar-refractivity contribution in [3.63, 3.8) is 0 Å². The van der Waals surface area contributed by atoms with Crippen LogP contribution in [0, 0.1) is 5.92 Å². The molecule has 29 heavy (non-hydrogen) atoms. The second kappa shape index (κ2) is 9.39. The zero-order valence-electron chi connectivity index (χ0n) is 17.4. The molecule has 0 unspecified atom stereocenters. The van der Waals surface area contributed by atoms with E-state index in [1.807, 2.05) is 0 Å². The van der Waals surface area contributed by atoms with E-state index in [9.17, 15) is 14.4 Å². The third kappa shape index (κ3) is 6.03. The highest BCUT2D eigenvalue weighted by Crippen LogP contribution is 2.19. The van der Waals surface area contributed by atoms with Gasteiger partial charge in [-0.25, -0.2) is 4.79 Å². The first-order valence-corrected chi connectivity index (χ1v) is 10.5. The molecule has 0 aromatic heterocycles. The molecule has 2 saturated heterocycles. The fraction of sp³-hybridized carbons (Fsp3) is 0.591. The zero-order valence-corrected chi connectivity index (χ0v) is 17.4. The normalized spacial score (nSPS) is 23.0. The number of carbonyl (C=O) groups is 3. The van der Waals surface area contributed by atoms with Crippen LogP contribution in [0.25, 0.3) is 0 Å². The van der Waals surface area contributed by atoms with Crippen molar-refractivity contribution in [1.82, 2.24) is 20.9 Å². The Hall–Kier alpha value is -2.41. The molecule has 4 amide bonds. The summed E-state index contributed by atoms with van der Waals surface area (Å²) in [5.74, 6) is 0.459. The monoisotopic (exact) mass is 400 g/mol. The molecule has 158 valence electrons. The molecular weight excluding hydrogens is 368 g/mol. The molecule has 2 aliphatic rings. The molecule has 2 heterocycles. The largest absolute Gasteiger partial charge is 0.352 e. The first-order chi connectivity index (χ1) is 13.8. The summed E-state index contributed by atoms with van der Waals surface area (Å²) >= 11 is 0. The predicted octanol–water partition coefficient (Wildman–Crippen LogP) is 2.30. The van der Waals surface area contributed by atoms with Gasteiger partial charge in [0.15, 0.2) is 0 Å². The average Bonchev–Trinajstić information content (AvgIpc) is 2.94. The quantitative estimate of drug-likeness (QED) is 0.584. The topological polar surface area (TPSA) is 90.5 Å². The number of amides is 4. The number of imide groups is 1. The number of urea groups is 1. The van der Waals surface area contributed by atoms with Crippen LogP contribution in [0.3, 0.4) is 0 Å².